The number of rotatable bonds is 8. The highest BCUT2D eigenvalue weighted by molar-refractivity contribution is 5.61. The third-order valence-corrected chi connectivity index (χ3v) is 4.95. The van der Waals surface area contributed by atoms with E-state index in [-0.39, 0.29) is 0 Å². The monoisotopic (exact) mass is 398 g/mol. The Morgan fingerprint density at radius 3 is 2.17 bits per heavy atom. The van der Waals surface area contributed by atoms with Crippen molar-refractivity contribution in [3.05, 3.63) is 91.8 Å². The minimum absolute atomic E-state index is 0.685. The summed E-state index contributed by atoms with van der Waals surface area (Å²) in [5.41, 5.74) is 4.19. The summed E-state index contributed by atoms with van der Waals surface area (Å²) in [5, 5.41) is 0. The molecule has 0 aliphatic rings. The van der Waals surface area contributed by atoms with Crippen LogP contribution in [0, 0.1) is 0 Å². The summed E-state index contributed by atoms with van der Waals surface area (Å²) in [6.07, 6.45) is 14.0. The third-order valence-electron chi connectivity index (χ3n) is 4.95. The minimum atomic E-state index is 0.685. The molecule has 0 fully saturated rings. The summed E-state index contributed by atoms with van der Waals surface area (Å²) >= 11 is 0. The van der Waals surface area contributed by atoms with E-state index in [1.807, 2.05) is 41.9 Å². The molecule has 0 saturated heterocycles. The van der Waals surface area contributed by atoms with E-state index in [0.717, 1.165) is 36.5 Å². The predicted molar refractivity (Wildman–Crippen MR) is 115 cm³/mol. The lowest BCUT2D eigenvalue weighted by atomic mass is 10.1. The van der Waals surface area contributed by atoms with Crippen LogP contribution in [-0.2, 0) is 13.6 Å². The van der Waals surface area contributed by atoms with E-state index in [1.165, 1.54) is 11.1 Å². The predicted octanol–water partition coefficient (Wildman–Crippen LogP) is 3.78. The van der Waals surface area contributed by atoms with Gasteiger partial charge in [0, 0.05) is 36.9 Å². The second kappa shape index (κ2) is 9.74. The molecular weight excluding hydrogens is 372 g/mol. The Bertz CT molecular complexity index is 1050. The molecule has 0 radical (unpaired) electrons. The third kappa shape index (κ3) is 5.26. The van der Waals surface area contributed by atoms with E-state index in [9.17, 15) is 0 Å². The summed E-state index contributed by atoms with van der Waals surface area (Å²) in [6.45, 7) is 1.66. The smallest absolute Gasteiger partial charge is 0.169 e. The van der Waals surface area contributed by atoms with Crippen LogP contribution in [0.1, 0.15) is 12.8 Å². The van der Waals surface area contributed by atoms with Crippen molar-refractivity contribution in [2.24, 2.45) is 7.05 Å². The molecule has 4 heterocycles. The Morgan fingerprint density at radius 1 is 0.767 bits per heavy atom. The molecule has 4 aromatic rings. The highest BCUT2D eigenvalue weighted by Crippen LogP contribution is 2.17. The van der Waals surface area contributed by atoms with E-state index >= 15 is 0 Å². The highest BCUT2D eigenvalue weighted by Gasteiger charge is 2.05. The Kier molecular flexibility index (Phi) is 6.40. The number of nitrogens with zero attached hydrogens (tertiary/aromatic N) is 4. The first-order valence-corrected chi connectivity index (χ1v) is 10.2. The average Bonchev–Trinajstić information content (AvgIpc) is 2.81. The van der Waals surface area contributed by atoms with Crippen molar-refractivity contribution in [2.75, 3.05) is 6.61 Å². The SMILES string of the molecule is C[n+]1ccc(-c2cc[n+](CCCCOc3ccc(-c4ccccn4)nc3)cc2)cc1. The van der Waals surface area contributed by atoms with Gasteiger partial charge in [0.2, 0.25) is 0 Å². The molecule has 30 heavy (non-hydrogen) atoms. The van der Waals surface area contributed by atoms with Crippen LogP contribution in [0.15, 0.2) is 91.8 Å². The number of hydrogen-bond donors (Lipinski definition) is 0. The van der Waals surface area contributed by atoms with Gasteiger partial charge in [0.05, 0.1) is 24.2 Å². The van der Waals surface area contributed by atoms with Crippen LogP contribution in [0.4, 0.5) is 0 Å². The summed E-state index contributed by atoms with van der Waals surface area (Å²) in [5.74, 6) is 0.794. The minimum Gasteiger partial charge on any atom is -0.492 e. The molecule has 0 aliphatic heterocycles. The van der Waals surface area contributed by atoms with Crippen LogP contribution in [0.5, 0.6) is 5.75 Å². The van der Waals surface area contributed by atoms with Gasteiger partial charge >= 0.3 is 0 Å². The van der Waals surface area contributed by atoms with Crippen LogP contribution >= 0.6 is 0 Å². The van der Waals surface area contributed by atoms with Gasteiger partial charge in [-0.3, -0.25) is 9.97 Å². The maximum atomic E-state index is 5.83. The Balaban J connectivity index is 1.20. The van der Waals surface area contributed by atoms with Crippen molar-refractivity contribution in [3.63, 3.8) is 0 Å². The average molecular weight is 399 g/mol. The van der Waals surface area contributed by atoms with Gasteiger partial charge in [-0.15, -0.1) is 0 Å². The molecular formula is C25H26N4O+2. The lowest BCUT2D eigenvalue weighted by Gasteiger charge is -2.06. The lowest BCUT2D eigenvalue weighted by Crippen LogP contribution is -2.32. The number of aromatic nitrogens is 4. The van der Waals surface area contributed by atoms with Crippen LogP contribution in [0.25, 0.3) is 22.5 Å². The van der Waals surface area contributed by atoms with Gasteiger partial charge in [0.25, 0.3) is 0 Å². The van der Waals surface area contributed by atoms with Gasteiger partial charge in [-0.25, -0.2) is 9.13 Å². The molecule has 4 rings (SSSR count). The van der Waals surface area contributed by atoms with Gasteiger partial charge in [-0.2, -0.15) is 0 Å². The molecule has 0 bridgehead atoms. The molecule has 0 aromatic carbocycles. The quantitative estimate of drug-likeness (QED) is 0.335. The van der Waals surface area contributed by atoms with Crippen LogP contribution in [0.2, 0.25) is 0 Å². The largest absolute Gasteiger partial charge is 0.492 e. The van der Waals surface area contributed by atoms with Crippen LogP contribution < -0.4 is 13.9 Å². The summed E-state index contributed by atoms with van der Waals surface area (Å²) in [6, 6.07) is 18.3. The maximum Gasteiger partial charge on any atom is 0.169 e. The fourth-order valence-corrected chi connectivity index (χ4v) is 3.21. The zero-order valence-electron chi connectivity index (χ0n) is 17.2. The summed E-state index contributed by atoms with van der Waals surface area (Å²) in [4.78, 5) is 8.75. The molecule has 0 unspecified atom stereocenters. The summed E-state index contributed by atoms with van der Waals surface area (Å²) < 4.78 is 10.1. The molecule has 5 nitrogen and oxygen atoms in total. The Morgan fingerprint density at radius 2 is 1.50 bits per heavy atom. The molecule has 0 atom stereocenters. The zero-order valence-corrected chi connectivity index (χ0v) is 17.2. The molecule has 0 spiro atoms. The Labute approximate surface area is 177 Å². The first-order chi connectivity index (χ1) is 14.8. The van der Waals surface area contributed by atoms with Gasteiger partial charge < -0.3 is 4.74 Å². The fraction of sp³-hybridized carbons (Fsp3) is 0.200. The normalized spacial score (nSPS) is 10.7. The van der Waals surface area contributed by atoms with Gasteiger partial charge in [-0.05, 0) is 41.8 Å². The standard InChI is InChI=1S/C25H26N4O/c1-28-15-9-21(10-16-28)22-11-17-29(18-12-22)14-4-5-19-30-23-7-8-25(27-20-23)24-6-2-3-13-26-24/h2-3,6-13,15-18,20H,4-5,14,19H2,1H3/q+2. The molecule has 150 valence electrons. The van der Waals surface area contributed by atoms with Crippen molar-refractivity contribution < 1.29 is 13.9 Å². The van der Waals surface area contributed by atoms with Gasteiger partial charge in [0.15, 0.2) is 24.8 Å². The molecule has 0 aliphatic carbocycles. The highest BCUT2D eigenvalue weighted by atomic mass is 16.5. The van der Waals surface area contributed by atoms with Gasteiger partial charge in [0.1, 0.15) is 19.3 Å². The van der Waals surface area contributed by atoms with Crippen molar-refractivity contribution in [3.8, 4) is 28.3 Å². The van der Waals surface area contributed by atoms with Crippen molar-refractivity contribution in [1.82, 2.24) is 9.97 Å². The maximum absolute atomic E-state index is 5.83. The number of aryl methyl sites for hydroxylation is 2. The Hall–Kier alpha value is -3.60. The van der Waals surface area contributed by atoms with E-state index in [4.69, 9.17) is 4.74 Å². The van der Waals surface area contributed by atoms with Crippen LogP contribution in [-0.4, -0.2) is 16.6 Å². The van der Waals surface area contributed by atoms with Crippen molar-refractivity contribution in [1.29, 1.82) is 0 Å². The van der Waals surface area contributed by atoms with E-state index in [1.54, 1.807) is 12.4 Å². The topological polar surface area (TPSA) is 42.8 Å². The van der Waals surface area contributed by atoms with E-state index in [0.29, 0.717) is 6.61 Å². The number of ether oxygens (including phenoxy) is 1. The molecule has 4 aromatic heterocycles. The molecule has 5 heteroatoms. The van der Waals surface area contributed by atoms with E-state index < -0.39 is 0 Å². The second-order valence-corrected chi connectivity index (χ2v) is 7.23. The molecule has 0 saturated carbocycles. The van der Waals surface area contributed by atoms with Crippen LogP contribution in [0.3, 0.4) is 0 Å². The van der Waals surface area contributed by atoms with Gasteiger partial charge in [-0.1, -0.05) is 6.07 Å². The first kappa shape index (κ1) is 19.7. The number of hydrogen-bond acceptors (Lipinski definition) is 3. The second-order valence-electron chi connectivity index (χ2n) is 7.23. The summed E-state index contributed by atoms with van der Waals surface area (Å²) in [7, 11) is 2.03. The number of unbranched alkanes of at least 4 members (excludes halogenated alkanes) is 1. The zero-order chi connectivity index (χ0) is 20.6. The number of pyridine rings is 4. The van der Waals surface area contributed by atoms with Crippen molar-refractivity contribution in [2.45, 2.75) is 19.4 Å². The molecule has 0 N–H and O–H groups in total. The first-order valence-electron chi connectivity index (χ1n) is 10.2. The van der Waals surface area contributed by atoms with E-state index in [2.05, 4.69) is 63.6 Å². The van der Waals surface area contributed by atoms with Crippen molar-refractivity contribution >= 4 is 0 Å². The fourth-order valence-electron chi connectivity index (χ4n) is 3.21. The lowest BCUT2D eigenvalue weighted by molar-refractivity contribution is -0.697. The molecule has 0 amide bonds.